The normalized spacial score (nSPS) is 31.5. The minimum Gasteiger partial charge on any atom is -0.467 e. The van der Waals surface area contributed by atoms with Crippen molar-refractivity contribution in [1.29, 1.82) is 0 Å². The number of ether oxygens (including phenoxy) is 1. The largest absolute Gasteiger partial charge is 0.467 e. The Balaban J connectivity index is 1.89. The number of aliphatic hydroxyl groups is 2. The number of aromatic nitrogens is 2. The Hall–Kier alpha value is -1.11. The quantitative estimate of drug-likeness (QED) is 0.810. The van der Waals surface area contributed by atoms with Crippen molar-refractivity contribution in [3.8, 4) is 6.01 Å². The number of methoxy groups -OCH3 is 1. The van der Waals surface area contributed by atoms with E-state index in [1.807, 2.05) is 0 Å². The van der Waals surface area contributed by atoms with E-state index in [9.17, 15) is 10.2 Å². The average molecular weight is 314 g/mol. The number of hydrogen-bond acceptors (Lipinski definition) is 6. The summed E-state index contributed by atoms with van der Waals surface area (Å²) in [6.07, 6.45) is 3.01. The van der Waals surface area contributed by atoms with E-state index in [1.165, 1.54) is 7.11 Å². The lowest BCUT2D eigenvalue weighted by molar-refractivity contribution is 0.00321. The van der Waals surface area contributed by atoms with Crippen molar-refractivity contribution in [1.82, 2.24) is 9.97 Å². The van der Waals surface area contributed by atoms with Crippen LogP contribution < -0.4 is 9.64 Å². The molecule has 0 amide bonds. The summed E-state index contributed by atoms with van der Waals surface area (Å²) in [5.41, 5.74) is 0.0901. The summed E-state index contributed by atoms with van der Waals surface area (Å²) < 4.78 is 5.06. The van der Waals surface area contributed by atoms with Gasteiger partial charge in [0, 0.05) is 19.2 Å². The maximum Gasteiger partial charge on any atom is 0.319 e. The fourth-order valence-corrected chi connectivity index (χ4v) is 3.86. The maximum absolute atomic E-state index is 9.69. The van der Waals surface area contributed by atoms with Gasteiger partial charge in [-0.25, -0.2) is 0 Å². The zero-order valence-corrected chi connectivity index (χ0v) is 12.8. The molecule has 1 saturated heterocycles. The highest BCUT2D eigenvalue weighted by molar-refractivity contribution is 6.29. The van der Waals surface area contributed by atoms with Crippen molar-refractivity contribution in [2.24, 2.45) is 11.3 Å². The highest BCUT2D eigenvalue weighted by Crippen LogP contribution is 2.55. The molecule has 1 aliphatic carbocycles. The molecule has 3 unspecified atom stereocenters. The second-order valence-electron chi connectivity index (χ2n) is 5.98. The van der Waals surface area contributed by atoms with Gasteiger partial charge in [0.05, 0.1) is 19.8 Å². The summed E-state index contributed by atoms with van der Waals surface area (Å²) >= 11 is 6.01. The van der Waals surface area contributed by atoms with Gasteiger partial charge in [0.2, 0.25) is 0 Å². The highest BCUT2D eigenvalue weighted by Gasteiger charge is 2.53. The van der Waals surface area contributed by atoms with E-state index in [0.29, 0.717) is 16.9 Å². The van der Waals surface area contributed by atoms with Gasteiger partial charge in [0.25, 0.3) is 0 Å². The van der Waals surface area contributed by atoms with Gasteiger partial charge in [-0.3, -0.25) is 0 Å². The minimum absolute atomic E-state index is 0.00461. The van der Waals surface area contributed by atoms with Crippen LogP contribution in [-0.4, -0.2) is 53.1 Å². The lowest BCUT2D eigenvalue weighted by Crippen LogP contribution is -2.44. The molecule has 1 saturated carbocycles. The van der Waals surface area contributed by atoms with Crippen LogP contribution in [0.2, 0.25) is 5.15 Å². The predicted molar refractivity (Wildman–Crippen MR) is 78.7 cm³/mol. The molecule has 1 aromatic heterocycles. The molecule has 6 nitrogen and oxygen atoms in total. The molecule has 0 aromatic carbocycles. The van der Waals surface area contributed by atoms with Gasteiger partial charge in [-0.05, 0) is 30.6 Å². The van der Waals surface area contributed by atoms with Crippen molar-refractivity contribution >= 4 is 17.4 Å². The van der Waals surface area contributed by atoms with Crippen LogP contribution in [-0.2, 0) is 0 Å². The Labute approximate surface area is 128 Å². The SMILES string of the molecule is COc1nc(Cl)cc(N2CC3(CCC3CO)CC2CO)n1. The van der Waals surface area contributed by atoms with Crippen LogP contribution in [0.25, 0.3) is 0 Å². The zero-order valence-electron chi connectivity index (χ0n) is 12.0. The van der Waals surface area contributed by atoms with E-state index in [0.717, 1.165) is 25.8 Å². The third-order valence-corrected chi connectivity index (χ3v) is 5.19. The van der Waals surface area contributed by atoms with E-state index in [-0.39, 0.29) is 30.7 Å². The zero-order chi connectivity index (χ0) is 15.0. The maximum atomic E-state index is 9.69. The molecule has 0 bridgehead atoms. The standard InChI is InChI=1S/C14H20ClN3O3/c1-21-13-16-11(15)4-12(17-13)18-8-14(5-10(18)7-20)3-2-9(14)6-19/h4,9-10,19-20H,2-3,5-8H2,1H3. The van der Waals surface area contributed by atoms with Crippen molar-refractivity contribution in [2.75, 3.05) is 31.8 Å². The number of halogens is 1. The summed E-state index contributed by atoms with van der Waals surface area (Å²) in [6, 6.07) is 1.91. The molecule has 21 heavy (non-hydrogen) atoms. The first-order valence-corrected chi connectivity index (χ1v) is 7.56. The van der Waals surface area contributed by atoms with Gasteiger partial charge in [0.15, 0.2) is 0 Å². The molecule has 1 spiro atoms. The second-order valence-corrected chi connectivity index (χ2v) is 6.37. The topological polar surface area (TPSA) is 78.7 Å². The first-order chi connectivity index (χ1) is 10.1. The smallest absolute Gasteiger partial charge is 0.319 e. The Morgan fingerprint density at radius 2 is 2.24 bits per heavy atom. The second kappa shape index (κ2) is 5.59. The van der Waals surface area contributed by atoms with Gasteiger partial charge >= 0.3 is 6.01 Å². The van der Waals surface area contributed by atoms with Crippen molar-refractivity contribution < 1.29 is 14.9 Å². The fourth-order valence-electron chi connectivity index (χ4n) is 3.69. The van der Waals surface area contributed by atoms with Gasteiger partial charge in [-0.15, -0.1) is 0 Å². The molecule has 3 rings (SSSR count). The Morgan fingerprint density at radius 3 is 2.81 bits per heavy atom. The van der Waals surface area contributed by atoms with Crippen LogP contribution in [0.3, 0.4) is 0 Å². The minimum atomic E-state index is -0.00461. The molecular weight excluding hydrogens is 294 g/mol. The van der Waals surface area contributed by atoms with Crippen LogP contribution in [0.15, 0.2) is 6.07 Å². The van der Waals surface area contributed by atoms with Crippen LogP contribution in [0.5, 0.6) is 6.01 Å². The summed E-state index contributed by atoms with van der Waals surface area (Å²) in [5.74, 6) is 0.988. The molecule has 1 aromatic rings. The van der Waals surface area contributed by atoms with Crippen LogP contribution in [0, 0.1) is 11.3 Å². The highest BCUT2D eigenvalue weighted by atomic mass is 35.5. The summed E-state index contributed by atoms with van der Waals surface area (Å²) in [7, 11) is 1.50. The van der Waals surface area contributed by atoms with E-state index in [2.05, 4.69) is 14.9 Å². The van der Waals surface area contributed by atoms with Crippen LogP contribution >= 0.6 is 11.6 Å². The molecule has 2 fully saturated rings. The van der Waals surface area contributed by atoms with Gasteiger partial charge in [0.1, 0.15) is 11.0 Å². The summed E-state index contributed by atoms with van der Waals surface area (Å²) in [5, 5.41) is 19.5. The third-order valence-electron chi connectivity index (χ3n) is 4.99. The molecule has 2 heterocycles. The van der Waals surface area contributed by atoms with Crippen LogP contribution in [0.4, 0.5) is 5.82 Å². The van der Waals surface area contributed by atoms with E-state index in [4.69, 9.17) is 16.3 Å². The molecule has 116 valence electrons. The van der Waals surface area contributed by atoms with Gasteiger partial charge < -0.3 is 19.8 Å². The first-order valence-electron chi connectivity index (χ1n) is 7.19. The average Bonchev–Trinajstić information content (AvgIpc) is 2.88. The Morgan fingerprint density at radius 1 is 1.43 bits per heavy atom. The molecule has 2 aliphatic rings. The Kier molecular flexibility index (Phi) is 3.94. The summed E-state index contributed by atoms with van der Waals surface area (Å²) in [6.45, 7) is 1.05. The predicted octanol–water partition coefficient (Wildman–Crippen LogP) is 1.10. The number of aliphatic hydroxyl groups excluding tert-OH is 2. The number of anilines is 1. The monoisotopic (exact) mass is 313 g/mol. The molecule has 7 heteroatoms. The number of rotatable bonds is 4. The van der Waals surface area contributed by atoms with Crippen molar-refractivity contribution in [2.45, 2.75) is 25.3 Å². The molecule has 0 radical (unpaired) electrons. The third kappa shape index (κ3) is 2.45. The Bertz CT molecular complexity index is 528. The number of nitrogens with zero attached hydrogens (tertiary/aromatic N) is 3. The van der Waals surface area contributed by atoms with E-state index < -0.39 is 0 Å². The first kappa shape index (κ1) is 14.8. The molecule has 3 atom stereocenters. The number of hydrogen-bond donors (Lipinski definition) is 2. The van der Waals surface area contributed by atoms with Crippen molar-refractivity contribution in [3.05, 3.63) is 11.2 Å². The van der Waals surface area contributed by atoms with Crippen LogP contribution in [0.1, 0.15) is 19.3 Å². The van der Waals surface area contributed by atoms with E-state index >= 15 is 0 Å². The van der Waals surface area contributed by atoms with Crippen molar-refractivity contribution in [3.63, 3.8) is 0 Å². The molecule has 2 N–H and O–H groups in total. The lowest BCUT2D eigenvalue weighted by atomic mass is 9.59. The summed E-state index contributed by atoms with van der Waals surface area (Å²) in [4.78, 5) is 10.4. The van der Waals surface area contributed by atoms with Gasteiger partial charge in [-0.2, -0.15) is 9.97 Å². The molecule has 1 aliphatic heterocycles. The fraction of sp³-hybridized carbons (Fsp3) is 0.714. The molecular formula is C14H20ClN3O3. The lowest BCUT2D eigenvalue weighted by Gasteiger charge is -2.46. The van der Waals surface area contributed by atoms with E-state index in [1.54, 1.807) is 6.07 Å². The van der Waals surface area contributed by atoms with Gasteiger partial charge in [-0.1, -0.05) is 11.6 Å².